The number of ether oxygens (including phenoxy) is 3. The van der Waals surface area contributed by atoms with Crippen molar-refractivity contribution in [3.63, 3.8) is 0 Å². The van der Waals surface area contributed by atoms with Crippen LogP contribution in [0.3, 0.4) is 0 Å². The van der Waals surface area contributed by atoms with Gasteiger partial charge in [-0.3, -0.25) is 0 Å². The van der Waals surface area contributed by atoms with E-state index in [1.54, 1.807) is 21.1 Å². The number of carbonyl (C=O) groups excluding carboxylic acids is 1. The van der Waals surface area contributed by atoms with Crippen molar-refractivity contribution >= 4 is 27.4 Å². The highest BCUT2D eigenvalue weighted by molar-refractivity contribution is 7.22. The highest BCUT2D eigenvalue weighted by Gasteiger charge is 2.23. The van der Waals surface area contributed by atoms with E-state index in [0.717, 1.165) is 32.0 Å². The van der Waals surface area contributed by atoms with Crippen LogP contribution in [0.25, 0.3) is 20.5 Å². The lowest BCUT2D eigenvalue weighted by atomic mass is 10.0. The molecule has 1 heterocycles. The van der Waals surface area contributed by atoms with Crippen molar-refractivity contribution < 1.29 is 19.0 Å². The SMILES string of the molecule is CCOC(=O)c1c(-c2ccccc2OC)sc2cc(OC)ccc12. The molecule has 2 aromatic carbocycles. The molecule has 0 atom stereocenters. The summed E-state index contributed by atoms with van der Waals surface area (Å²) < 4.78 is 17.0. The number of fused-ring (bicyclic) bond motifs is 1. The molecule has 0 saturated carbocycles. The number of rotatable bonds is 5. The van der Waals surface area contributed by atoms with Gasteiger partial charge < -0.3 is 14.2 Å². The molecule has 0 aliphatic carbocycles. The third kappa shape index (κ3) is 2.83. The van der Waals surface area contributed by atoms with Crippen LogP contribution in [0.15, 0.2) is 42.5 Å². The Kier molecular flexibility index (Phi) is 4.71. The zero-order valence-electron chi connectivity index (χ0n) is 13.8. The molecule has 0 bridgehead atoms. The van der Waals surface area contributed by atoms with Crippen molar-refractivity contribution in [3.05, 3.63) is 48.0 Å². The molecule has 3 rings (SSSR count). The number of carbonyl (C=O) groups is 1. The van der Waals surface area contributed by atoms with E-state index in [2.05, 4.69) is 0 Å². The van der Waals surface area contributed by atoms with E-state index in [-0.39, 0.29) is 5.97 Å². The summed E-state index contributed by atoms with van der Waals surface area (Å²) in [4.78, 5) is 13.4. The van der Waals surface area contributed by atoms with Crippen molar-refractivity contribution in [3.8, 4) is 21.9 Å². The van der Waals surface area contributed by atoms with Gasteiger partial charge in [0.15, 0.2) is 0 Å². The number of hydrogen-bond acceptors (Lipinski definition) is 5. The first-order chi connectivity index (χ1) is 11.7. The van der Waals surface area contributed by atoms with Gasteiger partial charge in [0.25, 0.3) is 0 Å². The number of hydrogen-bond donors (Lipinski definition) is 0. The van der Waals surface area contributed by atoms with Gasteiger partial charge in [0.1, 0.15) is 11.5 Å². The van der Waals surface area contributed by atoms with Gasteiger partial charge in [0.05, 0.1) is 31.3 Å². The maximum atomic E-state index is 12.6. The topological polar surface area (TPSA) is 44.8 Å². The summed E-state index contributed by atoms with van der Waals surface area (Å²) in [5.41, 5.74) is 1.45. The predicted molar refractivity (Wildman–Crippen MR) is 96.3 cm³/mol. The van der Waals surface area contributed by atoms with Crippen molar-refractivity contribution in [2.45, 2.75) is 6.92 Å². The Morgan fingerprint density at radius 3 is 2.58 bits per heavy atom. The predicted octanol–water partition coefficient (Wildman–Crippen LogP) is 4.76. The van der Waals surface area contributed by atoms with E-state index in [4.69, 9.17) is 14.2 Å². The summed E-state index contributed by atoms with van der Waals surface area (Å²) in [6.07, 6.45) is 0. The lowest BCUT2D eigenvalue weighted by molar-refractivity contribution is 0.0530. The summed E-state index contributed by atoms with van der Waals surface area (Å²) in [7, 11) is 3.25. The van der Waals surface area contributed by atoms with E-state index in [0.29, 0.717) is 12.2 Å². The molecule has 5 heteroatoms. The van der Waals surface area contributed by atoms with Gasteiger partial charge in [-0.2, -0.15) is 0 Å². The lowest BCUT2D eigenvalue weighted by Gasteiger charge is -2.09. The number of benzene rings is 2. The molecule has 0 radical (unpaired) electrons. The van der Waals surface area contributed by atoms with Crippen LogP contribution in [-0.2, 0) is 4.74 Å². The minimum absolute atomic E-state index is 0.324. The molecule has 0 amide bonds. The van der Waals surface area contributed by atoms with Gasteiger partial charge in [-0.15, -0.1) is 11.3 Å². The van der Waals surface area contributed by atoms with E-state index >= 15 is 0 Å². The lowest BCUT2D eigenvalue weighted by Crippen LogP contribution is -2.05. The summed E-state index contributed by atoms with van der Waals surface area (Å²) in [5.74, 6) is 1.15. The largest absolute Gasteiger partial charge is 0.497 e. The summed E-state index contributed by atoms with van der Waals surface area (Å²) in [5, 5.41) is 0.861. The molecule has 24 heavy (non-hydrogen) atoms. The zero-order valence-corrected chi connectivity index (χ0v) is 14.6. The molecule has 0 aliphatic heterocycles. The molecule has 0 aliphatic rings. The van der Waals surface area contributed by atoms with Gasteiger partial charge in [-0.25, -0.2) is 4.79 Å². The molecule has 4 nitrogen and oxygen atoms in total. The minimum atomic E-state index is -0.324. The van der Waals surface area contributed by atoms with E-state index in [1.807, 2.05) is 42.5 Å². The fourth-order valence-electron chi connectivity index (χ4n) is 2.63. The van der Waals surface area contributed by atoms with Crippen molar-refractivity contribution in [2.75, 3.05) is 20.8 Å². The van der Waals surface area contributed by atoms with E-state index in [9.17, 15) is 4.79 Å². The Hall–Kier alpha value is -2.53. The smallest absolute Gasteiger partial charge is 0.340 e. The average Bonchev–Trinajstić information content (AvgIpc) is 3.00. The van der Waals surface area contributed by atoms with Crippen molar-refractivity contribution in [1.82, 2.24) is 0 Å². The summed E-state index contributed by atoms with van der Waals surface area (Å²) in [6, 6.07) is 13.3. The molecule has 0 N–H and O–H groups in total. The number of methoxy groups -OCH3 is 2. The third-order valence-electron chi connectivity index (χ3n) is 3.73. The molecule has 3 aromatic rings. The van der Waals surface area contributed by atoms with Crippen LogP contribution >= 0.6 is 11.3 Å². The summed E-state index contributed by atoms with van der Waals surface area (Å²) in [6.45, 7) is 2.13. The fourth-order valence-corrected chi connectivity index (χ4v) is 3.88. The number of esters is 1. The molecule has 0 unspecified atom stereocenters. The van der Waals surface area contributed by atoms with Crippen LogP contribution in [0.1, 0.15) is 17.3 Å². The van der Waals surface area contributed by atoms with Gasteiger partial charge in [0, 0.05) is 15.6 Å². The fraction of sp³-hybridized carbons (Fsp3) is 0.211. The highest BCUT2D eigenvalue weighted by atomic mass is 32.1. The second kappa shape index (κ2) is 6.93. The highest BCUT2D eigenvalue weighted by Crippen LogP contribution is 2.43. The van der Waals surface area contributed by atoms with Gasteiger partial charge in [0.2, 0.25) is 0 Å². The van der Waals surface area contributed by atoms with Crippen molar-refractivity contribution in [1.29, 1.82) is 0 Å². The monoisotopic (exact) mass is 342 g/mol. The second-order valence-corrected chi connectivity index (χ2v) is 6.14. The van der Waals surface area contributed by atoms with Crippen LogP contribution in [0, 0.1) is 0 Å². The molecular weight excluding hydrogens is 324 g/mol. The normalized spacial score (nSPS) is 10.6. The minimum Gasteiger partial charge on any atom is -0.497 e. The molecular formula is C19H18O4S. The van der Waals surface area contributed by atoms with Crippen LogP contribution < -0.4 is 9.47 Å². The van der Waals surface area contributed by atoms with Gasteiger partial charge in [-0.1, -0.05) is 12.1 Å². The van der Waals surface area contributed by atoms with E-state index in [1.165, 1.54) is 11.3 Å². The van der Waals surface area contributed by atoms with E-state index < -0.39 is 0 Å². The van der Waals surface area contributed by atoms with Crippen LogP contribution in [0.2, 0.25) is 0 Å². The maximum absolute atomic E-state index is 12.6. The number of thiophene rings is 1. The van der Waals surface area contributed by atoms with Crippen LogP contribution in [0.5, 0.6) is 11.5 Å². The quantitative estimate of drug-likeness (QED) is 0.627. The first-order valence-corrected chi connectivity index (χ1v) is 8.42. The van der Waals surface area contributed by atoms with Crippen LogP contribution in [0.4, 0.5) is 0 Å². The Bertz CT molecular complexity index is 882. The summed E-state index contributed by atoms with van der Waals surface area (Å²) >= 11 is 1.53. The third-order valence-corrected chi connectivity index (χ3v) is 4.91. The second-order valence-electron chi connectivity index (χ2n) is 5.09. The molecule has 0 saturated heterocycles. The average molecular weight is 342 g/mol. The molecule has 1 aromatic heterocycles. The maximum Gasteiger partial charge on any atom is 0.340 e. The first-order valence-electron chi connectivity index (χ1n) is 7.60. The first kappa shape index (κ1) is 16.3. The van der Waals surface area contributed by atoms with Gasteiger partial charge in [-0.05, 0) is 37.3 Å². The Morgan fingerprint density at radius 2 is 1.88 bits per heavy atom. The standard InChI is InChI=1S/C19H18O4S/c1-4-23-19(20)17-14-10-9-12(21-2)11-16(14)24-18(17)13-7-5-6-8-15(13)22-3/h5-11H,4H2,1-3H3. The molecule has 0 spiro atoms. The Balaban J connectivity index is 2.29. The van der Waals surface area contributed by atoms with Crippen LogP contribution in [-0.4, -0.2) is 26.8 Å². The van der Waals surface area contributed by atoms with Crippen molar-refractivity contribution in [2.24, 2.45) is 0 Å². The molecule has 124 valence electrons. The Labute approximate surface area is 144 Å². The number of para-hydroxylation sites is 1. The Morgan fingerprint density at radius 1 is 1.08 bits per heavy atom. The van der Waals surface area contributed by atoms with Gasteiger partial charge >= 0.3 is 5.97 Å². The zero-order chi connectivity index (χ0) is 17.1. The molecule has 0 fully saturated rings.